The molecule has 15 heteroatoms. The Hall–Kier alpha value is -6.71. The second kappa shape index (κ2) is 19.8. The monoisotopic (exact) mass is 868 g/mol. The van der Waals surface area contributed by atoms with Crippen molar-refractivity contribution in [2.45, 2.75) is 66.6 Å². The quantitative estimate of drug-likeness (QED) is 0.130. The second-order valence-electron chi connectivity index (χ2n) is 16.8. The Labute approximate surface area is 370 Å². The summed E-state index contributed by atoms with van der Waals surface area (Å²) in [6, 6.07) is 29.2. The fourth-order valence-electron chi connectivity index (χ4n) is 8.73. The second-order valence-corrected chi connectivity index (χ2v) is 16.8. The molecule has 0 saturated carbocycles. The van der Waals surface area contributed by atoms with E-state index in [0.717, 1.165) is 50.4 Å². The lowest BCUT2D eigenvalue weighted by Crippen LogP contribution is -2.30. The van der Waals surface area contributed by atoms with Crippen LogP contribution in [-0.2, 0) is 19.6 Å². The zero-order valence-corrected chi connectivity index (χ0v) is 35.7. The van der Waals surface area contributed by atoms with Gasteiger partial charge in [-0.3, -0.25) is 24.2 Å². The van der Waals surface area contributed by atoms with Crippen molar-refractivity contribution in [2.75, 3.05) is 26.2 Å². The molecule has 2 aliphatic heterocycles. The molecular weight excluding hydrogens is 815 g/mol. The number of imidazole rings is 1. The number of nitrogens with zero attached hydrogens (tertiary/aromatic N) is 7. The van der Waals surface area contributed by atoms with Crippen molar-refractivity contribution < 1.29 is 13.6 Å². The van der Waals surface area contributed by atoms with Gasteiger partial charge in [-0.1, -0.05) is 81.9 Å². The average molecular weight is 869 g/mol. The number of likely N-dealkylation sites (tertiary alicyclic amines) is 2. The normalized spacial score (nSPS) is 18.7. The van der Waals surface area contributed by atoms with Crippen LogP contribution in [0.25, 0.3) is 16.9 Å². The smallest absolute Gasteiger partial charge is 0.276 e. The summed E-state index contributed by atoms with van der Waals surface area (Å²) in [5.74, 6) is 1.57. The minimum absolute atomic E-state index is 0. The van der Waals surface area contributed by atoms with E-state index in [4.69, 9.17) is 5.10 Å². The number of amides is 1. The van der Waals surface area contributed by atoms with E-state index in [2.05, 4.69) is 90.5 Å². The van der Waals surface area contributed by atoms with Gasteiger partial charge in [-0.2, -0.15) is 5.10 Å². The average Bonchev–Trinajstić information content (AvgIpc) is 3.97. The Balaban J connectivity index is 0.000000189. The van der Waals surface area contributed by atoms with Crippen molar-refractivity contribution in [1.29, 1.82) is 0 Å². The van der Waals surface area contributed by atoms with Gasteiger partial charge < -0.3 is 15.3 Å². The Morgan fingerprint density at radius 2 is 1.28 bits per heavy atom. The van der Waals surface area contributed by atoms with Crippen LogP contribution in [0.3, 0.4) is 0 Å². The molecule has 64 heavy (non-hydrogen) atoms. The molecule has 332 valence electrons. The number of nitrogens with one attached hydrogen (secondary N) is 3. The first-order chi connectivity index (χ1) is 30.4. The maximum absolute atomic E-state index is 13.6. The third-order valence-corrected chi connectivity index (χ3v) is 12.1. The van der Waals surface area contributed by atoms with Crippen LogP contribution in [0.15, 0.2) is 113 Å². The molecule has 0 spiro atoms. The fraction of sp³-hybridized carbons (Fsp3) is 0.327. The highest BCUT2D eigenvalue weighted by atomic mass is 19.1. The topological polar surface area (TPSA) is 157 Å². The van der Waals surface area contributed by atoms with Gasteiger partial charge >= 0.3 is 0 Å². The van der Waals surface area contributed by atoms with Gasteiger partial charge in [0.05, 0.1) is 12.7 Å². The number of H-pyrrole nitrogens is 2. The molecule has 1 amide bonds. The minimum Gasteiger partial charge on any atom is -0.346 e. The van der Waals surface area contributed by atoms with E-state index < -0.39 is 11.7 Å². The number of carbonyl (C=O) groups excluding carboxylic acids is 1. The van der Waals surface area contributed by atoms with Crippen LogP contribution in [0.5, 0.6) is 0 Å². The van der Waals surface area contributed by atoms with Crippen LogP contribution in [-0.4, -0.2) is 76.6 Å². The first kappa shape index (κ1) is 45.3. The van der Waals surface area contributed by atoms with E-state index in [-0.39, 0.29) is 48.4 Å². The van der Waals surface area contributed by atoms with Gasteiger partial charge in [-0.15, -0.1) is 10.2 Å². The molecule has 5 heterocycles. The first-order valence-corrected chi connectivity index (χ1v) is 21.2. The predicted molar refractivity (Wildman–Crippen MR) is 243 cm³/mol. The Bertz CT molecular complexity index is 2850. The lowest BCUT2D eigenvalue weighted by molar-refractivity contribution is 0.0949. The van der Waals surface area contributed by atoms with E-state index in [1.54, 1.807) is 17.5 Å². The lowest BCUT2D eigenvalue weighted by Gasteiger charge is -2.16. The van der Waals surface area contributed by atoms with E-state index in [0.29, 0.717) is 46.0 Å². The van der Waals surface area contributed by atoms with Crippen molar-refractivity contribution >= 4 is 11.4 Å². The molecule has 3 aromatic heterocycles. The van der Waals surface area contributed by atoms with Crippen LogP contribution < -0.4 is 16.4 Å². The third kappa shape index (κ3) is 10.2. The molecule has 4 aromatic carbocycles. The number of aromatic amines is 2. The summed E-state index contributed by atoms with van der Waals surface area (Å²) in [5, 5.41) is 15.8. The van der Waals surface area contributed by atoms with Crippen molar-refractivity contribution in [3.8, 4) is 11.4 Å². The number of aromatic nitrogens is 7. The Morgan fingerprint density at radius 3 is 1.86 bits per heavy atom. The summed E-state index contributed by atoms with van der Waals surface area (Å²) in [6.07, 6.45) is 1.52. The summed E-state index contributed by atoms with van der Waals surface area (Å²) in [4.78, 5) is 52.7. The van der Waals surface area contributed by atoms with Crippen molar-refractivity contribution in [3.63, 3.8) is 0 Å². The predicted octanol–water partition coefficient (Wildman–Crippen LogP) is 7.18. The Morgan fingerprint density at radius 1 is 0.719 bits per heavy atom. The van der Waals surface area contributed by atoms with Crippen LogP contribution in [0.4, 0.5) is 8.78 Å². The molecule has 9 rings (SSSR count). The van der Waals surface area contributed by atoms with Crippen LogP contribution in [0.1, 0.15) is 83.1 Å². The molecule has 3 N–H and O–H groups in total. The summed E-state index contributed by atoms with van der Waals surface area (Å²) in [7, 11) is 0. The molecule has 2 fully saturated rings. The maximum atomic E-state index is 13.6. The standard InChI is InChI=1S/C24H26FN5O2.C24H24FN5O.CH4/c1-15-10-18(25)8-9-19(15)23(31)26-11-21-24(32)27-22(29-28-21)20-14-30(12-16(20)2)13-17-6-4-3-5-7-17;1-15-10-18(25)8-9-19(15)23-26-11-21-24(31)27-22(28-30(21)23)20-14-29(12-16(20)2)13-17-6-4-3-5-7-17;/h3-10,16,20H,11-14H2,1-2H3,(H,26,31)(H,27,29,32);3-11,16,20H,12-14H2,1-2H3,(H,27,28,31);1H4. The Kier molecular flexibility index (Phi) is 14.0. The summed E-state index contributed by atoms with van der Waals surface area (Å²) >= 11 is 0. The highest BCUT2D eigenvalue weighted by molar-refractivity contribution is 5.95. The number of hydrogen-bond acceptors (Lipinski definition) is 9. The molecule has 0 bridgehead atoms. The number of halogens is 2. The third-order valence-electron chi connectivity index (χ3n) is 12.1. The molecule has 7 aromatic rings. The first-order valence-electron chi connectivity index (χ1n) is 21.2. The number of hydrogen-bond donors (Lipinski definition) is 3. The van der Waals surface area contributed by atoms with E-state index >= 15 is 0 Å². The zero-order chi connectivity index (χ0) is 44.2. The summed E-state index contributed by atoms with van der Waals surface area (Å²) in [5.41, 5.74) is 4.85. The van der Waals surface area contributed by atoms with Crippen LogP contribution >= 0.6 is 0 Å². The number of rotatable bonds is 10. The highest BCUT2D eigenvalue weighted by Gasteiger charge is 2.34. The molecule has 4 atom stereocenters. The lowest BCUT2D eigenvalue weighted by atomic mass is 9.97. The summed E-state index contributed by atoms with van der Waals surface area (Å²) in [6.45, 7) is 13.0. The number of fused-ring (bicyclic) bond motifs is 1. The zero-order valence-electron chi connectivity index (χ0n) is 35.7. The van der Waals surface area contributed by atoms with Crippen LogP contribution in [0, 0.1) is 37.3 Å². The van der Waals surface area contributed by atoms with Gasteiger partial charge in [-0.05, 0) is 84.3 Å². The van der Waals surface area contributed by atoms with Gasteiger partial charge in [-0.25, -0.2) is 18.3 Å². The highest BCUT2D eigenvalue weighted by Crippen LogP contribution is 2.32. The van der Waals surface area contributed by atoms with Gasteiger partial charge in [0, 0.05) is 62.2 Å². The number of aryl methyl sites for hydroxylation is 2. The van der Waals surface area contributed by atoms with Crippen molar-refractivity contribution in [3.05, 3.63) is 181 Å². The fourth-order valence-corrected chi connectivity index (χ4v) is 8.73. The van der Waals surface area contributed by atoms with Gasteiger partial charge in [0.25, 0.3) is 17.0 Å². The molecule has 4 unspecified atom stereocenters. The minimum atomic E-state index is -0.402. The molecule has 2 saturated heterocycles. The van der Waals surface area contributed by atoms with E-state index in [1.165, 1.54) is 47.7 Å². The maximum Gasteiger partial charge on any atom is 0.276 e. The molecule has 13 nitrogen and oxygen atoms in total. The van der Waals surface area contributed by atoms with Crippen molar-refractivity contribution in [1.82, 2.24) is 49.9 Å². The van der Waals surface area contributed by atoms with E-state index in [1.807, 2.05) is 31.2 Å². The molecule has 2 aliphatic rings. The molecule has 0 aliphatic carbocycles. The van der Waals surface area contributed by atoms with Crippen molar-refractivity contribution in [2.24, 2.45) is 11.8 Å². The SMILES string of the molecule is C.Cc1cc(F)ccc1-c1ncc2c(=O)[nH]c(C3CN(Cc4ccccc4)CC3C)nn12.Cc1cc(F)ccc1C(=O)NCc1nnc(C2CN(Cc3ccccc3)CC2C)[nH]c1=O. The van der Waals surface area contributed by atoms with Gasteiger partial charge in [0.2, 0.25) is 0 Å². The summed E-state index contributed by atoms with van der Waals surface area (Å²) < 4.78 is 28.4. The van der Waals surface area contributed by atoms with Crippen LogP contribution in [0.2, 0.25) is 0 Å². The largest absolute Gasteiger partial charge is 0.346 e. The van der Waals surface area contributed by atoms with Gasteiger partial charge in [0.15, 0.2) is 11.3 Å². The van der Waals surface area contributed by atoms with E-state index in [9.17, 15) is 23.2 Å². The molecule has 0 radical (unpaired) electrons. The van der Waals surface area contributed by atoms with Gasteiger partial charge in [0.1, 0.15) is 29.0 Å². The number of benzene rings is 4. The number of carbonyl (C=O) groups is 1. The molecular formula is C49H54F2N10O3.